The SMILES string of the molecule is CC(O)(CC=C[C@H]1CC[C@H](O)[C@@H]1CCSc1nc(C(=O)O)cs1)CC1CCCCC1. The van der Waals surface area contributed by atoms with E-state index in [-0.39, 0.29) is 17.7 Å². The molecule has 0 aromatic carbocycles. The summed E-state index contributed by atoms with van der Waals surface area (Å²) in [7, 11) is 0. The average Bonchev–Trinajstić information content (AvgIpc) is 3.30. The van der Waals surface area contributed by atoms with E-state index in [2.05, 4.69) is 17.1 Å². The van der Waals surface area contributed by atoms with Gasteiger partial charge in [0.1, 0.15) is 0 Å². The van der Waals surface area contributed by atoms with E-state index < -0.39 is 11.6 Å². The van der Waals surface area contributed by atoms with Crippen LogP contribution in [-0.4, -0.2) is 43.7 Å². The number of aromatic nitrogens is 1. The monoisotopic (exact) mass is 453 g/mol. The molecule has 2 aliphatic carbocycles. The molecular formula is C23H35NO4S2. The minimum absolute atomic E-state index is 0.101. The van der Waals surface area contributed by atoms with Gasteiger partial charge in [0.15, 0.2) is 10.0 Å². The maximum Gasteiger partial charge on any atom is 0.355 e. The van der Waals surface area contributed by atoms with Crippen LogP contribution in [0.15, 0.2) is 21.9 Å². The summed E-state index contributed by atoms with van der Waals surface area (Å²) < 4.78 is 0.769. The molecule has 0 radical (unpaired) electrons. The first-order valence-electron chi connectivity index (χ1n) is 11.2. The molecule has 0 aliphatic heterocycles. The zero-order valence-corrected chi connectivity index (χ0v) is 19.5. The Morgan fingerprint density at radius 3 is 2.77 bits per heavy atom. The lowest BCUT2D eigenvalue weighted by molar-refractivity contribution is 0.0302. The number of thioether (sulfide) groups is 1. The largest absolute Gasteiger partial charge is 0.476 e. The molecule has 3 rings (SSSR count). The highest BCUT2D eigenvalue weighted by Gasteiger charge is 2.33. The minimum atomic E-state index is -0.992. The summed E-state index contributed by atoms with van der Waals surface area (Å²) in [5, 5.41) is 31.8. The minimum Gasteiger partial charge on any atom is -0.476 e. The molecule has 168 valence electrons. The number of carboxylic acids is 1. The number of carboxylic acid groups (broad SMARTS) is 1. The Labute approximate surface area is 188 Å². The lowest BCUT2D eigenvalue weighted by atomic mass is 9.80. The van der Waals surface area contributed by atoms with Gasteiger partial charge in [-0.05, 0) is 56.8 Å². The first-order valence-corrected chi connectivity index (χ1v) is 13.1. The van der Waals surface area contributed by atoms with Gasteiger partial charge >= 0.3 is 5.97 Å². The van der Waals surface area contributed by atoms with Crippen molar-refractivity contribution in [3.8, 4) is 0 Å². The molecule has 1 unspecified atom stereocenters. The summed E-state index contributed by atoms with van der Waals surface area (Å²) in [5.41, 5.74) is -0.544. The van der Waals surface area contributed by atoms with Crippen LogP contribution in [0.4, 0.5) is 0 Å². The van der Waals surface area contributed by atoms with Gasteiger partial charge in [-0.2, -0.15) is 0 Å². The van der Waals surface area contributed by atoms with Crippen LogP contribution in [0.3, 0.4) is 0 Å². The maximum atomic E-state index is 10.9. The van der Waals surface area contributed by atoms with Gasteiger partial charge in [0.25, 0.3) is 0 Å². The van der Waals surface area contributed by atoms with Gasteiger partial charge < -0.3 is 15.3 Å². The molecule has 0 bridgehead atoms. The van der Waals surface area contributed by atoms with E-state index in [1.54, 1.807) is 17.1 Å². The summed E-state index contributed by atoms with van der Waals surface area (Å²) in [4.78, 5) is 15.1. The number of aliphatic hydroxyl groups is 2. The zero-order chi connectivity index (χ0) is 21.6. The molecule has 0 amide bonds. The molecule has 2 saturated carbocycles. The number of nitrogens with zero attached hydrogens (tertiary/aromatic N) is 1. The molecule has 7 heteroatoms. The highest BCUT2D eigenvalue weighted by atomic mass is 32.2. The van der Waals surface area contributed by atoms with Crippen molar-refractivity contribution in [3.05, 3.63) is 23.2 Å². The van der Waals surface area contributed by atoms with Crippen molar-refractivity contribution in [2.75, 3.05) is 5.75 Å². The molecule has 1 heterocycles. The van der Waals surface area contributed by atoms with Crippen LogP contribution < -0.4 is 0 Å². The Morgan fingerprint density at radius 2 is 2.07 bits per heavy atom. The third kappa shape index (κ3) is 7.08. The van der Waals surface area contributed by atoms with E-state index in [0.717, 1.165) is 35.8 Å². The Hall–Kier alpha value is -0.890. The van der Waals surface area contributed by atoms with Crippen molar-refractivity contribution in [1.82, 2.24) is 4.98 Å². The molecule has 3 N–H and O–H groups in total. The number of carbonyl (C=O) groups is 1. The van der Waals surface area contributed by atoms with E-state index in [4.69, 9.17) is 5.11 Å². The van der Waals surface area contributed by atoms with Crippen molar-refractivity contribution >= 4 is 29.1 Å². The van der Waals surface area contributed by atoms with Gasteiger partial charge in [0, 0.05) is 11.1 Å². The maximum absolute atomic E-state index is 10.9. The van der Waals surface area contributed by atoms with Crippen LogP contribution in [0.5, 0.6) is 0 Å². The van der Waals surface area contributed by atoms with Gasteiger partial charge in [0.2, 0.25) is 0 Å². The summed E-state index contributed by atoms with van der Waals surface area (Å²) in [5.74, 6) is 1.05. The summed E-state index contributed by atoms with van der Waals surface area (Å²) >= 11 is 2.93. The van der Waals surface area contributed by atoms with E-state index in [9.17, 15) is 15.0 Å². The first kappa shape index (κ1) is 23.8. The Kier molecular flexibility index (Phi) is 8.81. The molecule has 0 spiro atoms. The van der Waals surface area contributed by atoms with E-state index in [1.807, 2.05) is 6.92 Å². The van der Waals surface area contributed by atoms with Crippen molar-refractivity contribution in [1.29, 1.82) is 0 Å². The highest BCUT2D eigenvalue weighted by molar-refractivity contribution is 8.01. The summed E-state index contributed by atoms with van der Waals surface area (Å²) in [6.07, 6.45) is 14.7. The van der Waals surface area contributed by atoms with Crippen molar-refractivity contribution in [3.63, 3.8) is 0 Å². The third-order valence-corrected chi connectivity index (χ3v) is 8.67. The van der Waals surface area contributed by atoms with Gasteiger partial charge in [-0.1, -0.05) is 56.0 Å². The van der Waals surface area contributed by atoms with Gasteiger partial charge in [-0.15, -0.1) is 11.3 Å². The van der Waals surface area contributed by atoms with Crippen LogP contribution in [0.1, 0.15) is 81.6 Å². The van der Waals surface area contributed by atoms with E-state index in [1.165, 1.54) is 43.4 Å². The summed E-state index contributed by atoms with van der Waals surface area (Å²) in [6, 6.07) is 0. The predicted octanol–water partition coefficient (Wildman–Crippen LogP) is 5.38. The molecule has 1 aromatic heterocycles. The van der Waals surface area contributed by atoms with Crippen molar-refractivity contribution in [2.45, 2.75) is 87.2 Å². The zero-order valence-electron chi connectivity index (χ0n) is 17.8. The molecule has 4 atom stereocenters. The summed E-state index contributed by atoms with van der Waals surface area (Å²) in [6.45, 7) is 1.96. The lowest BCUT2D eigenvalue weighted by Gasteiger charge is -2.30. The second-order valence-electron chi connectivity index (χ2n) is 9.25. The van der Waals surface area contributed by atoms with Crippen LogP contribution in [0.25, 0.3) is 0 Å². The Balaban J connectivity index is 1.45. The Morgan fingerprint density at radius 1 is 1.30 bits per heavy atom. The van der Waals surface area contributed by atoms with Gasteiger partial charge in [0.05, 0.1) is 11.7 Å². The van der Waals surface area contributed by atoms with Crippen LogP contribution in [0, 0.1) is 17.8 Å². The highest BCUT2D eigenvalue weighted by Crippen LogP contribution is 2.38. The molecule has 1 aromatic rings. The van der Waals surface area contributed by atoms with Crippen LogP contribution in [0.2, 0.25) is 0 Å². The number of aromatic carboxylic acids is 1. The van der Waals surface area contributed by atoms with Crippen LogP contribution >= 0.6 is 23.1 Å². The molecule has 0 saturated heterocycles. The smallest absolute Gasteiger partial charge is 0.355 e. The number of thiazole rings is 1. The standard InChI is InChI=1S/C23H35NO4S2/c1-23(28,14-16-6-3-2-4-7-16)12-5-8-17-9-10-20(25)18(17)11-13-29-22-24-19(15-30-22)21(26)27/h5,8,15-18,20,25,28H,2-4,6-7,9-14H2,1H3,(H,26,27)/t17-,18+,20-,23?/m0/s1. The molecule has 30 heavy (non-hydrogen) atoms. The number of hydrogen-bond acceptors (Lipinski definition) is 6. The van der Waals surface area contributed by atoms with Gasteiger partial charge in [-0.3, -0.25) is 0 Å². The number of allylic oxidation sites excluding steroid dienone is 1. The number of rotatable bonds is 10. The normalized spacial score (nSPS) is 27.5. The molecule has 2 fully saturated rings. The molecular weight excluding hydrogens is 418 g/mol. The fourth-order valence-corrected chi connectivity index (χ4v) is 6.93. The lowest BCUT2D eigenvalue weighted by Crippen LogP contribution is -2.28. The first-order chi connectivity index (χ1) is 14.3. The fraction of sp³-hybridized carbons (Fsp3) is 0.739. The van der Waals surface area contributed by atoms with Crippen molar-refractivity contribution < 1.29 is 20.1 Å². The fourth-order valence-electron chi connectivity index (χ4n) is 5.02. The second-order valence-corrected chi connectivity index (χ2v) is 11.5. The van der Waals surface area contributed by atoms with Crippen LogP contribution in [-0.2, 0) is 0 Å². The topological polar surface area (TPSA) is 90.7 Å². The quantitative estimate of drug-likeness (QED) is 0.325. The third-order valence-electron chi connectivity index (χ3n) is 6.61. The predicted molar refractivity (Wildman–Crippen MR) is 122 cm³/mol. The van der Waals surface area contributed by atoms with Gasteiger partial charge in [-0.25, -0.2) is 9.78 Å². The Bertz CT molecular complexity index is 712. The molecule has 2 aliphatic rings. The van der Waals surface area contributed by atoms with E-state index >= 15 is 0 Å². The molecule has 5 nitrogen and oxygen atoms in total. The average molecular weight is 454 g/mol. The van der Waals surface area contributed by atoms with E-state index in [0.29, 0.717) is 18.3 Å². The second kappa shape index (κ2) is 11.1. The van der Waals surface area contributed by atoms with Crippen molar-refractivity contribution in [2.24, 2.45) is 17.8 Å². The number of hydrogen-bond donors (Lipinski definition) is 3. The number of aliphatic hydroxyl groups excluding tert-OH is 1.